The monoisotopic (exact) mass is 283 g/mol. The van der Waals surface area contributed by atoms with E-state index in [0.717, 1.165) is 23.8 Å². The Labute approximate surface area is 125 Å². The molecule has 2 aromatic rings. The van der Waals surface area contributed by atoms with Crippen LogP contribution < -0.4 is 0 Å². The zero-order chi connectivity index (χ0) is 14.7. The lowest BCUT2D eigenvalue weighted by Crippen LogP contribution is -2.18. The summed E-state index contributed by atoms with van der Waals surface area (Å²) in [6.07, 6.45) is 5.77. The molecular weight excluding hydrogens is 262 g/mol. The largest absolute Gasteiger partial charge is 0.384 e. The fraction of sp³-hybridized carbons (Fsp3) is 0.444. The second-order valence-electron chi connectivity index (χ2n) is 5.99. The Morgan fingerprint density at radius 2 is 2.19 bits per heavy atom. The van der Waals surface area contributed by atoms with Crippen LogP contribution in [0.3, 0.4) is 0 Å². The second-order valence-corrected chi connectivity index (χ2v) is 5.99. The lowest BCUT2D eigenvalue weighted by atomic mass is 9.80. The summed E-state index contributed by atoms with van der Waals surface area (Å²) in [7, 11) is 1.78. The summed E-state index contributed by atoms with van der Waals surface area (Å²) in [5, 5.41) is 1.03. The van der Waals surface area contributed by atoms with Crippen LogP contribution in [0.15, 0.2) is 30.3 Å². The van der Waals surface area contributed by atoms with E-state index in [2.05, 4.69) is 12.1 Å². The SMILES string of the molecule is COC[C@@H]1CCC[C@H](c2ccc3cc(C=O)ccc3n2)C1. The molecule has 21 heavy (non-hydrogen) atoms. The molecule has 3 nitrogen and oxygen atoms in total. The van der Waals surface area contributed by atoms with Gasteiger partial charge in [-0.1, -0.05) is 12.5 Å². The molecule has 1 aliphatic carbocycles. The minimum absolute atomic E-state index is 0.536. The number of pyridine rings is 1. The van der Waals surface area contributed by atoms with Crippen LogP contribution in [0.25, 0.3) is 10.9 Å². The van der Waals surface area contributed by atoms with Crippen LogP contribution >= 0.6 is 0 Å². The van der Waals surface area contributed by atoms with Gasteiger partial charge < -0.3 is 4.74 Å². The van der Waals surface area contributed by atoms with Crippen molar-refractivity contribution in [2.75, 3.05) is 13.7 Å². The van der Waals surface area contributed by atoms with E-state index in [4.69, 9.17) is 9.72 Å². The number of aldehydes is 1. The quantitative estimate of drug-likeness (QED) is 0.797. The molecule has 110 valence electrons. The van der Waals surface area contributed by atoms with Gasteiger partial charge in [0.2, 0.25) is 0 Å². The Hall–Kier alpha value is -1.74. The van der Waals surface area contributed by atoms with Crippen molar-refractivity contribution < 1.29 is 9.53 Å². The molecule has 1 saturated carbocycles. The Morgan fingerprint density at radius 1 is 1.29 bits per heavy atom. The van der Waals surface area contributed by atoms with Gasteiger partial charge in [-0.15, -0.1) is 0 Å². The van der Waals surface area contributed by atoms with Gasteiger partial charge in [0.15, 0.2) is 0 Å². The van der Waals surface area contributed by atoms with Gasteiger partial charge in [-0.2, -0.15) is 0 Å². The Bertz CT molecular complexity index is 636. The van der Waals surface area contributed by atoms with Crippen LogP contribution in [-0.4, -0.2) is 25.0 Å². The third kappa shape index (κ3) is 3.13. The number of ether oxygens (including phenoxy) is 1. The highest BCUT2D eigenvalue weighted by Crippen LogP contribution is 2.36. The summed E-state index contributed by atoms with van der Waals surface area (Å²) in [5.74, 6) is 1.19. The van der Waals surface area contributed by atoms with Gasteiger partial charge in [-0.25, -0.2) is 0 Å². The minimum atomic E-state index is 0.536. The van der Waals surface area contributed by atoms with Crippen molar-refractivity contribution in [3.8, 4) is 0 Å². The molecule has 0 N–H and O–H groups in total. The van der Waals surface area contributed by atoms with Crippen molar-refractivity contribution in [3.05, 3.63) is 41.6 Å². The van der Waals surface area contributed by atoms with Gasteiger partial charge in [-0.3, -0.25) is 9.78 Å². The first-order chi connectivity index (χ1) is 10.3. The van der Waals surface area contributed by atoms with Crippen LogP contribution in [0, 0.1) is 5.92 Å². The van der Waals surface area contributed by atoms with E-state index in [1.807, 2.05) is 18.2 Å². The molecule has 0 unspecified atom stereocenters. The molecule has 1 fully saturated rings. The molecule has 0 spiro atoms. The molecule has 1 aromatic heterocycles. The van der Waals surface area contributed by atoms with Crippen molar-refractivity contribution in [1.82, 2.24) is 4.98 Å². The molecule has 0 radical (unpaired) electrons. The second kappa shape index (κ2) is 6.35. The topological polar surface area (TPSA) is 39.2 Å². The highest BCUT2D eigenvalue weighted by Gasteiger charge is 2.24. The van der Waals surface area contributed by atoms with Crippen LogP contribution in [-0.2, 0) is 4.74 Å². The summed E-state index contributed by atoms with van der Waals surface area (Å²) < 4.78 is 5.31. The smallest absolute Gasteiger partial charge is 0.150 e. The molecule has 1 heterocycles. The van der Waals surface area contributed by atoms with E-state index >= 15 is 0 Å². The summed E-state index contributed by atoms with van der Waals surface area (Å²) in [6.45, 7) is 0.854. The van der Waals surface area contributed by atoms with Gasteiger partial charge in [0.05, 0.1) is 5.52 Å². The Morgan fingerprint density at radius 3 is 3.00 bits per heavy atom. The molecular formula is C18H21NO2. The number of carbonyl (C=O) groups excluding carboxylic acids is 1. The van der Waals surface area contributed by atoms with Crippen molar-refractivity contribution in [2.45, 2.75) is 31.6 Å². The molecule has 3 rings (SSSR count). The number of rotatable bonds is 4. The predicted octanol–water partition coefficient (Wildman–Crippen LogP) is 3.97. The summed E-state index contributed by atoms with van der Waals surface area (Å²) in [6, 6.07) is 9.88. The van der Waals surface area contributed by atoms with E-state index in [9.17, 15) is 4.79 Å². The maximum Gasteiger partial charge on any atom is 0.150 e. The summed E-state index contributed by atoms with van der Waals surface area (Å²) in [4.78, 5) is 15.6. The summed E-state index contributed by atoms with van der Waals surface area (Å²) in [5.41, 5.74) is 2.86. The maximum atomic E-state index is 10.8. The van der Waals surface area contributed by atoms with Crippen LogP contribution in [0.2, 0.25) is 0 Å². The number of nitrogens with zero attached hydrogens (tertiary/aromatic N) is 1. The lowest BCUT2D eigenvalue weighted by Gasteiger charge is -2.28. The van der Waals surface area contributed by atoms with Crippen molar-refractivity contribution in [2.24, 2.45) is 5.92 Å². The van der Waals surface area contributed by atoms with E-state index in [-0.39, 0.29) is 0 Å². The Kier molecular flexibility index (Phi) is 4.30. The van der Waals surface area contributed by atoms with E-state index < -0.39 is 0 Å². The van der Waals surface area contributed by atoms with Crippen molar-refractivity contribution in [3.63, 3.8) is 0 Å². The van der Waals surface area contributed by atoms with Gasteiger partial charge in [0.1, 0.15) is 6.29 Å². The molecule has 0 saturated heterocycles. The van der Waals surface area contributed by atoms with E-state index in [1.54, 1.807) is 7.11 Å². The zero-order valence-corrected chi connectivity index (χ0v) is 12.4. The van der Waals surface area contributed by atoms with Crippen LogP contribution in [0.1, 0.15) is 47.7 Å². The first-order valence-electron chi connectivity index (χ1n) is 7.65. The van der Waals surface area contributed by atoms with Crippen LogP contribution in [0.4, 0.5) is 0 Å². The highest BCUT2D eigenvalue weighted by atomic mass is 16.5. The minimum Gasteiger partial charge on any atom is -0.384 e. The number of hydrogen-bond donors (Lipinski definition) is 0. The third-order valence-electron chi connectivity index (χ3n) is 4.47. The molecule has 0 amide bonds. The number of benzene rings is 1. The first kappa shape index (κ1) is 14.2. The fourth-order valence-electron chi connectivity index (χ4n) is 3.41. The third-order valence-corrected chi connectivity index (χ3v) is 4.47. The number of aromatic nitrogens is 1. The number of methoxy groups -OCH3 is 1. The average Bonchev–Trinajstić information content (AvgIpc) is 2.54. The normalized spacial score (nSPS) is 22.3. The maximum absolute atomic E-state index is 10.8. The molecule has 0 bridgehead atoms. The molecule has 2 atom stereocenters. The van der Waals surface area contributed by atoms with Crippen LogP contribution in [0.5, 0.6) is 0 Å². The van der Waals surface area contributed by atoms with Gasteiger partial charge in [0, 0.05) is 36.3 Å². The predicted molar refractivity (Wildman–Crippen MR) is 83.7 cm³/mol. The van der Waals surface area contributed by atoms with Gasteiger partial charge in [0.25, 0.3) is 0 Å². The molecule has 0 aliphatic heterocycles. The van der Waals surface area contributed by atoms with E-state index in [0.29, 0.717) is 17.4 Å². The van der Waals surface area contributed by atoms with E-state index in [1.165, 1.54) is 31.4 Å². The van der Waals surface area contributed by atoms with Crippen molar-refractivity contribution >= 4 is 17.2 Å². The first-order valence-corrected chi connectivity index (χ1v) is 7.65. The highest BCUT2D eigenvalue weighted by molar-refractivity contribution is 5.86. The molecule has 1 aliphatic rings. The standard InChI is InChI=1S/C18H21NO2/c1-21-12-14-3-2-4-15(10-14)18-8-6-16-9-13(11-20)5-7-17(16)19-18/h5-9,11,14-15H,2-4,10,12H2,1H3/t14-,15+/m1/s1. The molecule has 3 heteroatoms. The lowest BCUT2D eigenvalue weighted by molar-refractivity contribution is 0.112. The fourth-order valence-corrected chi connectivity index (χ4v) is 3.41. The average molecular weight is 283 g/mol. The molecule has 1 aromatic carbocycles. The number of hydrogen-bond acceptors (Lipinski definition) is 3. The van der Waals surface area contributed by atoms with Crippen molar-refractivity contribution in [1.29, 1.82) is 0 Å². The Balaban J connectivity index is 1.85. The van der Waals surface area contributed by atoms with Gasteiger partial charge in [-0.05, 0) is 49.4 Å². The zero-order valence-electron chi connectivity index (χ0n) is 12.4. The number of carbonyl (C=O) groups is 1. The summed E-state index contributed by atoms with van der Waals surface area (Å²) >= 11 is 0. The van der Waals surface area contributed by atoms with Gasteiger partial charge >= 0.3 is 0 Å². The number of fused-ring (bicyclic) bond motifs is 1.